The largest absolute Gasteiger partial charge is 0.508 e. The van der Waals surface area contributed by atoms with Crippen molar-refractivity contribution in [1.29, 1.82) is 0 Å². The van der Waals surface area contributed by atoms with E-state index in [1.165, 1.54) is 18.2 Å². The summed E-state index contributed by atoms with van der Waals surface area (Å²) in [4.78, 5) is 10.9. The Labute approximate surface area is 263 Å². The van der Waals surface area contributed by atoms with E-state index in [2.05, 4.69) is 16.9 Å². The molecule has 0 amide bonds. The molecule has 0 aliphatic carbocycles. The van der Waals surface area contributed by atoms with Gasteiger partial charge >= 0.3 is 12.2 Å². The highest BCUT2D eigenvalue weighted by atomic mass is 19.4. The Morgan fingerprint density at radius 3 is 2.73 bits per heavy atom. The van der Waals surface area contributed by atoms with Crippen LogP contribution in [0.15, 0.2) is 24.3 Å². The second kappa shape index (κ2) is 13.3. The van der Waals surface area contributed by atoms with Crippen molar-refractivity contribution in [3.05, 3.63) is 51.9 Å². The number of anilines is 1. The molecule has 238 valence electrons. The van der Waals surface area contributed by atoms with Crippen LogP contribution in [-0.2, 0) is 6.42 Å². The zero-order valence-electron chi connectivity index (χ0n) is 30.2. The number of phenols is 1. The molecule has 3 heterocycles. The van der Waals surface area contributed by atoms with E-state index in [1.807, 2.05) is 6.92 Å². The summed E-state index contributed by atoms with van der Waals surface area (Å²) < 4.78 is 107. The quantitative estimate of drug-likeness (QED) is 0.194. The van der Waals surface area contributed by atoms with E-state index in [1.54, 1.807) is 6.92 Å². The Kier molecular flexibility index (Phi) is 7.82. The number of likely N-dealkylation sites (N-methyl/N-ethyl adjacent to an activating group) is 1. The Hall–Kier alpha value is -3.40. The molecule has 44 heavy (non-hydrogen) atoms. The number of ether oxygens (including phenoxy) is 1. The number of unbranched alkanes of at least 4 members (excludes halogenated alkanes) is 3. The fourth-order valence-corrected chi connectivity index (χ4v) is 6.14. The van der Waals surface area contributed by atoms with Gasteiger partial charge < -0.3 is 19.6 Å². The van der Waals surface area contributed by atoms with Gasteiger partial charge in [-0.05, 0) is 74.3 Å². The zero-order valence-corrected chi connectivity index (χ0v) is 25.2. The first kappa shape index (κ1) is 25.9. The predicted octanol–water partition coefficient (Wildman–Crippen LogP) is 6.55. The van der Waals surface area contributed by atoms with Gasteiger partial charge in [0.2, 0.25) is 0 Å². The third-order valence-electron chi connectivity index (χ3n) is 8.47. The minimum atomic E-state index is -4.82. The fourth-order valence-electron chi connectivity index (χ4n) is 6.14. The van der Waals surface area contributed by atoms with Crippen LogP contribution in [0, 0.1) is 5.82 Å². The lowest BCUT2D eigenvalue weighted by Gasteiger charge is -2.34. The van der Waals surface area contributed by atoms with Crippen molar-refractivity contribution in [2.75, 3.05) is 25.0 Å². The summed E-state index contributed by atoms with van der Waals surface area (Å²) in [5.41, 5.74) is 0.349. The Morgan fingerprint density at radius 1 is 1.18 bits per heavy atom. The normalized spacial score (nSPS) is 21.8. The van der Waals surface area contributed by atoms with Gasteiger partial charge in [-0.25, -0.2) is 4.39 Å². The molecule has 2 unspecified atom stereocenters. The SMILES string of the molecule is [2H]C([2H])(Oc1nc(C(C)CCCCCC)c2c(n1)=CN(c1cc(O)cc3ccc(F)c(CC)c13)C(C(F)(F)F)C=2)[C@@H]1CCCN1C([2H])([2H])[2H]. The van der Waals surface area contributed by atoms with Gasteiger partial charge in [0.15, 0.2) is 0 Å². The first-order valence-corrected chi connectivity index (χ1v) is 15.3. The summed E-state index contributed by atoms with van der Waals surface area (Å²) in [7, 11) is 0. The first-order chi connectivity index (χ1) is 23.0. The van der Waals surface area contributed by atoms with Gasteiger partial charge in [0.1, 0.15) is 24.2 Å². The Balaban J connectivity index is 1.71. The van der Waals surface area contributed by atoms with E-state index in [4.69, 9.17) is 11.6 Å². The van der Waals surface area contributed by atoms with Crippen LogP contribution in [0.2, 0.25) is 0 Å². The van der Waals surface area contributed by atoms with Gasteiger partial charge in [-0.3, -0.25) is 0 Å². The fraction of sp³-hybridized carbons (Fsp3) is 0.529. The number of likely N-dealkylation sites (tertiary alicyclic amines) is 1. The van der Waals surface area contributed by atoms with Crippen LogP contribution in [0.25, 0.3) is 23.0 Å². The van der Waals surface area contributed by atoms with Crippen LogP contribution in [0.5, 0.6) is 11.8 Å². The monoisotopic (exact) mass is 619 g/mol. The van der Waals surface area contributed by atoms with Gasteiger partial charge in [-0.2, -0.15) is 23.1 Å². The third-order valence-corrected chi connectivity index (χ3v) is 8.47. The van der Waals surface area contributed by atoms with Crippen molar-refractivity contribution in [3.8, 4) is 11.8 Å². The standard InChI is InChI=1S/C34H42F4N4O2/c1-5-7-8-9-11-21(3)32-26-18-30(34(36,37)38)42(19-28(26)39-33(40-32)44-20-23-12-10-15-41(23)4)29-17-24(43)16-22-13-14-27(35)25(6-2)31(22)29/h13-14,16-19,21,23,30,43H,5-12,15,20H2,1-4H3/t21?,23-,30?/m0/s1/i4D3,20D2. The van der Waals surface area contributed by atoms with Crippen molar-refractivity contribution in [1.82, 2.24) is 14.9 Å². The zero-order chi connectivity index (χ0) is 35.9. The van der Waals surface area contributed by atoms with Crippen LogP contribution in [0.3, 0.4) is 0 Å². The van der Waals surface area contributed by atoms with E-state index in [0.717, 1.165) is 53.8 Å². The molecular weight excluding hydrogens is 572 g/mol. The van der Waals surface area contributed by atoms with Crippen LogP contribution in [-0.4, -0.2) is 58.3 Å². The number of nitrogens with zero attached hydrogens (tertiary/aromatic N) is 4. The second-order valence-electron chi connectivity index (χ2n) is 11.6. The number of hydrogen-bond acceptors (Lipinski definition) is 6. The summed E-state index contributed by atoms with van der Waals surface area (Å²) in [5.74, 6) is -1.27. The van der Waals surface area contributed by atoms with E-state index < -0.39 is 43.6 Å². The summed E-state index contributed by atoms with van der Waals surface area (Å²) in [6.07, 6.45) is 2.47. The van der Waals surface area contributed by atoms with E-state index >= 15 is 4.39 Å². The molecule has 2 aromatic carbocycles. The summed E-state index contributed by atoms with van der Waals surface area (Å²) >= 11 is 0. The topological polar surface area (TPSA) is 61.7 Å². The van der Waals surface area contributed by atoms with E-state index in [9.17, 15) is 18.3 Å². The molecule has 1 saturated heterocycles. The maximum absolute atomic E-state index is 15.0. The van der Waals surface area contributed by atoms with Gasteiger partial charge in [-0.15, -0.1) is 0 Å². The molecule has 1 fully saturated rings. The van der Waals surface area contributed by atoms with Gasteiger partial charge in [-0.1, -0.05) is 52.5 Å². The molecule has 6 nitrogen and oxygen atoms in total. The number of halogens is 4. The van der Waals surface area contributed by atoms with E-state index in [0.29, 0.717) is 18.2 Å². The second-order valence-corrected chi connectivity index (χ2v) is 11.6. The van der Waals surface area contributed by atoms with Gasteiger partial charge in [0, 0.05) is 33.0 Å². The van der Waals surface area contributed by atoms with Gasteiger partial charge in [0.25, 0.3) is 0 Å². The number of rotatable bonds is 11. The lowest BCUT2D eigenvalue weighted by molar-refractivity contribution is -0.132. The minimum Gasteiger partial charge on any atom is -0.508 e. The number of phenolic OH excluding ortho intramolecular Hbond substituents is 1. The van der Waals surface area contributed by atoms with Crippen LogP contribution in [0.1, 0.15) is 89.7 Å². The van der Waals surface area contributed by atoms with Crippen molar-refractivity contribution < 1.29 is 34.3 Å². The van der Waals surface area contributed by atoms with Crippen molar-refractivity contribution in [2.24, 2.45) is 0 Å². The highest BCUT2D eigenvalue weighted by Gasteiger charge is 2.44. The summed E-state index contributed by atoms with van der Waals surface area (Å²) in [6.45, 7) is 0.617. The maximum Gasteiger partial charge on any atom is 0.412 e. The van der Waals surface area contributed by atoms with E-state index in [-0.39, 0.29) is 64.0 Å². The van der Waals surface area contributed by atoms with Crippen molar-refractivity contribution >= 4 is 28.7 Å². The number of aromatic hydroxyl groups is 1. The molecule has 0 spiro atoms. The molecule has 0 bridgehead atoms. The summed E-state index contributed by atoms with van der Waals surface area (Å²) in [6, 6.07) is 1.32. The molecule has 1 N–H and O–H groups in total. The lowest BCUT2D eigenvalue weighted by atomic mass is 9.95. The first-order valence-electron chi connectivity index (χ1n) is 17.8. The maximum atomic E-state index is 15.0. The molecule has 5 rings (SSSR count). The van der Waals surface area contributed by atoms with Gasteiger partial charge in [0.05, 0.1) is 19.5 Å². The van der Waals surface area contributed by atoms with Crippen molar-refractivity contribution in [2.45, 2.75) is 96.3 Å². The molecule has 3 atom stereocenters. The molecule has 1 aromatic heterocycles. The number of fused-ring (bicyclic) bond motifs is 2. The highest BCUT2D eigenvalue weighted by Crippen LogP contribution is 2.40. The molecule has 2 aliphatic heterocycles. The smallest absolute Gasteiger partial charge is 0.412 e. The molecule has 3 aromatic rings. The molecular formula is C34H42F4N4O2. The third kappa shape index (κ3) is 6.65. The van der Waals surface area contributed by atoms with Crippen LogP contribution in [0.4, 0.5) is 23.2 Å². The van der Waals surface area contributed by atoms with Crippen LogP contribution >= 0.6 is 0 Å². The highest BCUT2D eigenvalue weighted by molar-refractivity contribution is 6.00. The molecule has 10 heteroatoms. The molecule has 0 saturated carbocycles. The number of alkyl halides is 3. The molecule has 2 aliphatic rings. The Bertz CT molecular complexity index is 1800. The number of aryl methyl sites for hydroxylation is 1. The Morgan fingerprint density at radius 2 is 2.00 bits per heavy atom. The average Bonchev–Trinajstić information content (AvgIpc) is 3.54. The number of aromatic nitrogens is 2. The van der Waals surface area contributed by atoms with Crippen molar-refractivity contribution in [3.63, 3.8) is 0 Å². The number of benzene rings is 2. The predicted molar refractivity (Wildman–Crippen MR) is 166 cm³/mol. The summed E-state index contributed by atoms with van der Waals surface area (Å²) in [5, 5.41) is 11.3. The molecule has 0 radical (unpaired) electrons. The van der Waals surface area contributed by atoms with Crippen LogP contribution < -0.4 is 20.2 Å². The average molecular weight is 620 g/mol. The number of hydrogen-bond donors (Lipinski definition) is 1. The lowest BCUT2D eigenvalue weighted by Crippen LogP contribution is -2.51. The minimum absolute atomic E-state index is 0.0155.